The van der Waals surface area contributed by atoms with E-state index >= 15 is 0 Å². The summed E-state index contributed by atoms with van der Waals surface area (Å²) in [4.78, 5) is 23.3. The minimum absolute atomic E-state index is 0.0756. The van der Waals surface area contributed by atoms with E-state index in [1.807, 2.05) is 24.3 Å². The maximum Gasteiger partial charge on any atom is 0.311 e. The van der Waals surface area contributed by atoms with E-state index in [4.69, 9.17) is 9.47 Å². The summed E-state index contributed by atoms with van der Waals surface area (Å²) in [7, 11) is 0. The Morgan fingerprint density at radius 3 is 2.15 bits per heavy atom. The first kappa shape index (κ1) is 22.2. The molecular formula is C22H34O4. The Labute approximate surface area is 158 Å². The molecule has 0 aromatic heterocycles. The highest BCUT2D eigenvalue weighted by atomic mass is 16.5. The first-order valence-corrected chi connectivity index (χ1v) is 10.1. The van der Waals surface area contributed by atoms with Crippen LogP contribution in [0.5, 0.6) is 5.75 Å². The van der Waals surface area contributed by atoms with E-state index in [1.165, 1.54) is 5.56 Å². The number of rotatable bonds is 14. The van der Waals surface area contributed by atoms with Crippen LogP contribution >= 0.6 is 0 Å². The highest BCUT2D eigenvalue weighted by Crippen LogP contribution is 2.15. The molecule has 0 amide bonds. The molecule has 0 bridgehead atoms. The van der Waals surface area contributed by atoms with Crippen LogP contribution in [0.2, 0.25) is 0 Å². The maximum absolute atomic E-state index is 11.9. The zero-order valence-electron chi connectivity index (χ0n) is 16.4. The first-order chi connectivity index (χ1) is 12.7. The average molecular weight is 363 g/mol. The van der Waals surface area contributed by atoms with Crippen molar-refractivity contribution in [2.24, 2.45) is 0 Å². The fourth-order valence-corrected chi connectivity index (χ4v) is 2.66. The number of esters is 2. The van der Waals surface area contributed by atoms with Crippen LogP contribution in [-0.2, 0) is 20.7 Å². The Hall–Kier alpha value is -1.84. The summed E-state index contributed by atoms with van der Waals surface area (Å²) in [5, 5.41) is 0. The quantitative estimate of drug-likeness (QED) is 0.245. The van der Waals surface area contributed by atoms with E-state index in [0.717, 1.165) is 57.8 Å². The van der Waals surface area contributed by atoms with Gasteiger partial charge in [0, 0.05) is 12.8 Å². The van der Waals surface area contributed by atoms with Crippen molar-refractivity contribution in [1.29, 1.82) is 0 Å². The predicted octanol–water partition coefficient (Wildman–Crippen LogP) is 5.62. The standard InChI is InChI=1S/C22H34O4/c1-3-5-17-25-21(23)15-10-8-6-7-9-11-16-22(24)26-20-14-12-13-19(4-2)18-20/h12-14,18H,3-11,15-17H2,1-2H3. The van der Waals surface area contributed by atoms with Gasteiger partial charge in [-0.3, -0.25) is 9.59 Å². The summed E-state index contributed by atoms with van der Waals surface area (Å²) in [6.45, 7) is 4.71. The lowest BCUT2D eigenvalue weighted by Crippen LogP contribution is -2.07. The van der Waals surface area contributed by atoms with Crippen LogP contribution in [-0.4, -0.2) is 18.5 Å². The van der Waals surface area contributed by atoms with Crippen molar-refractivity contribution in [3.63, 3.8) is 0 Å². The van der Waals surface area contributed by atoms with Gasteiger partial charge in [0.25, 0.3) is 0 Å². The van der Waals surface area contributed by atoms with Gasteiger partial charge in [-0.2, -0.15) is 0 Å². The molecule has 0 radical (unpaired) electrons. The van der Waals surface area contributed by atoms with Crippen LogP contribution in [0, 0.1) is 0 Å². The third-order valence-electron chi connectivity index (χ3n) is 4.31. The molecule has 0 N–H and O–H groups in total. The summed E-state index contributed by atoms with van der Waals surface area (Å²) in [5.41, 5.74) is 1.17. The molecule has 26 heavy (non-hydrogen) atoms. The summed E-state index contributed by atoms with van der Waals surface area (Å²) in [5.74, 6) is 0.404. The second-order valence-corrected chi connectivity index (χ2v) is 6.67. The molecule has 0 aliphatic rings. The molecule has 0 saturated carbocycles. The second kappa shape index (κ2) is 14.3. The van der Waals surface area contributed by atoms with Crippen LogP contribution in [0.4, 0.5) is 0 Å². The highest BCUT2D eigenvalue weighted by Gasteiger charge is 2.05. The minimum Gasteiger partial charge on any atom is -0.466 e. The minimum atomic E-state index is -0.159. The number of unbranched alkanes of at least 4 members (excludes halogenated alkanes) is 6. The van der Waals surface area contributed by atoms with Crippen LogP contribution in [0.1, 0.15) is 83.6 Å². The van der Waals surface area contributed by atoms with Crippen LogP contribution in [0.15, 0.2) is 24.3 Å². The lowest BCUT2D eigenvalue weighted by atomic mass is 10.1. The number of carbonyl (C=O) groups is 2. The van der Waals surface area contributed by atoms with E-state index in [0.29, 0.717) is 25.2 Å². The molecule has 0 unspecified atom stereocenters. The molecule has 4 heteroatoms. The Balaban J connectivity index is 1.98. The van der Waals surface area contributed by atoms with Crippen molar-refractivity contribution in [2.45, 2.75) is 84.5 Å². The monoisotopic (exact) mass is 362 g/mol. The molecule has 0 heterocycles. The zero-order chi connectivity index (χ0) is 19.0. The smallest absolute Gasteiger partial charge is 0.311 e. The Kier molecular flexibility index (Phi) is 12.2. The molecule has 0 fully saturated rings. The van der Waals surface area contributed by atoms with Gasteiger partial charge in [-0.25, -0.2) is 0 Å². The van der Waals surface area contributed by atoms with Crippen LogP contribution in [0.25, 0.3) is 0 Å². The van der Waals surface area contributed by atoms with Gasteiger partial charge in [-0.15, -0.1) is 0 Å². The SMILES string of the molecule is CCCCOC(=O)CCCCCCCCC(=O)Oc1cccc(CC)c1. The molecule has 0 atom stereocenters. The molecule has 0 saturated heterocycles. The van der Waals surface area contributed by atoms with Crippen molar-refractivity contribution >= 4 is 11.9 Å². The highest BCUT2D eigenvalue weighted by molar-refractivity contribution is 5.72. The molecule has 0 aliphatic heterocycles. The van der Waals surface area contributed by atoms with Gasteiger partial charge >= 0.3 is 11.9 Å². The molecule has 0 aliphatic carbocycles. The Bertz CT molecular complexity index is 525. The van der Waals surface area contributed by atoms with Crippen molar-refractivity contribution in [3.05, 3.63) is 29.8 Å². The first-order valence-electron chi connectivity index (χ1n) is 10.1. The number of carbonyl (C=O) groups excluding carboxylic acids is 2. The Morgan fingerprint density at radius 1 is 0.846 bits per heavy atom. The van der Waals surface area contributed by atoms with Crippen LogP contribution in [0.3, 0.4) is 0 Å². The van der Waals surface area contributed by atoms with Gasteiger partial charge < -0.3 is 9.47 Å². The summed E-state index contributed by atoms with van der Waals surface area (Å²) < 4.78 is 10.5. The van der Waals surface area contributed by atoms with E-state index in [9.17, 15) is 9.59 Å². The van der Waals surface area contributed by atoms with E-state index < -0.39 is 0 Å². The Morgan fingerprint density at radius 2 is 1.50 bits per heavy atom. The van der Waals surface area contributed by atoms with Crippen molar-refractivity contribution in [3.8, 4) is 5.75 Å². The molecule has 4 nitrogen and oxygen atoms in total. The molecule has 146 valence electrons. The fourth-order valence-electron chi connectivity index (χ4n) is 2.66. The lowest BCUT2D eigenvalue weighted by molar-refractivity contribution is -0.144. The molecular weight excluding hydrogens is 328 g/mol. The summed E-state index contributed by atoms with van der Waals surface area (Å²) >= 11 is 0. The fraction of sp³-hybridized carbons (Fsp3) is 0.636. The largest absolute Gasteiger partial charge is 0.466 e. The van der Waals surface area contributed by atoms with Gasteiger partial charge in [0.1, 0.15) is 5.75 Å². The van der Waals surface area contributed by atoms with Crippen molar-refractivity contribution in [2.75, 3.05) is 6.61 Å². The maximum atomic E-state index is 11.9. The zero-order valence-corrected chi connectivity index (χ0v) is 16.4. The van der Waals surface area contributed by atoms with Gasteiger partial charge in [0.2, 0.25) is 0 Å². The third-order valence-corrected chi connectivity index (χ3v) is 4.31. The van der Waals surface area contributed by atoms with E-state index in [1.54, 1.807) is 0 Å². The van der Waals surface area contributed by atoms with E-state index in [2.05, 4.69) is 13.8 Å². The number of aryl methyl sites for hydroxylation is 1. The summed E-state index contributed by atoms with van der Waals surface area (Å²) in [6, 6.07) is 7.69. The van der Waals surface area contributed by atoms with Gasteiger partial charge in [-0.05, 0) is 43.4 Å². The van der Waals surface area contributed by atoms with Gasteiger partial charge in [0.15, 0.2) is 0 Å². The molecule has 1 rings (SSSR count). The number of hydrogen-bond donors (Lipinski definition) is 0. The topological polar surface area (TPSA) is 52.6 Å². The van der Waals surface area contributed by atoms with E-state index in [-0.39, 0.29) is 11.9 Å². The molecule has 1 aromatic rings. The normalized spacial score (nSPS) is 10.5. The van der Waals surface area contributed by atoms with Crippen molar-refractivity contribution in [1.82, 2.24) is 0 Å². The van der Waals surface area contributed by atoms with Crippen molar-refractivity contribution < 1.29 is 19.1 Å². The van der Waals surface area contributed by atoms with Gasteiger partial charge in [0.05, 0.1) is 6.61 Å². The summed E-state index contributed by atoms with van der Waals surface area (Å²) in [6.07, 6.45) is 9.88. The second-order valence-electron chi connectivity index (χ2n) is 6.67. The molecule has 1 aromatic carbocycles. The third kappa shape index (κ3) is 10.9. The lowest BCUT2D eigenvalue weighted by Gasteiger charge is -2.06. The number of ether oxygens (including phenoxy) is 2. The number of hydrogen-bond acceptors (Lipinski definition) is 4. The van der Waals surface area contributed by atoms with Crippen LogP contribution < -0.4 is 4.74 Å². The van der Waals surface area contributed by atoms with Gasteiger partial charge in [-0.1, -0.05) is 58.1 Å². The average Bonchev–Trinajstić information content (AvgIpc) is 2.64. The number of benzene rings is 1. The predicted molar refractivity (Wildman–Crippen MR) is 104 cm³/mol. The molecule has 0 spiro atoms.